The molecule has 1 amide bonds. The first-order chi connectivity index (χ1) is 4.54. The highest BCUT2D eigenvalue weighted by molar-refractivity contribution is 5.83. The van der Waals surface area contributed by atoms with Crippen molar-refractivity contribution >= 4 is 5.91 Å². The Bertz CT molecular complexity index is 160. The van der Waals surface area contributed by atoms with Gasteiger partial charge in [-0.2, -0.15) is 0 Å². The Morgan fingerprint density at radius 2 is 2.40 bits per heavy atom. The summed E-state index contributed by atoms with van der Waals surface area (Å²) >= 11 is 0. The molecule has 1 aliphatic rings. The van der Waals surface area contributed by atoms with Crippen molar-refractivity contribution in [2.75, 3.05) is 20.1 Å². The number of likely N-dealkylation sites (tertiary alicyclic amines) is 1. The fourth-order valence-electron chi connectivity index (χ4n) is 1.18. The van der Waals surface area contributed by atoms with Gasteiger partial charge in [-0.1, -0.05) is 0 Å². The molecule has 0 radical (unpaired) electrons. The number of hydrogen-bond donors (Lipinski definition) is 2. The van der Waals surface area contributed by atoms with E-state index in [2.05, 4.69) is 0 Å². The second-order valence-electron chi connectivity index (χ2n) is 2.88. The molecule has 0 saturated carbocycles. The van der Waals surface area contributed by atoms with Gasteiger partial charge in [0.05, 0.1) is 0 Å². The van der Waals surface area contributed by atoms with E-state index in [1.54, 1.807) is 0 Å². The second kappa shape index (κ2) is 2.21. The Kier molecular flexibility index (Phi) is 1.66. The number of likely N-dealkylation sites (N-methyl/N-ethyl adjacent to an activating group) is 1. The maximum Gasteiger partial charge on any atom is 0.250 e. The summed E-state index contributed by atoms with van der Waals surface area (Å²) in [5.74, 6) is -0.614. The summed E-state index contributed by atoms with van der Waals surface area (Å²) in [5, 5.41) is 9.42. The van der Waals surface area contributed by atoms with Crippen molar-refractivity contribution in [1.29, 1.82) is 0 Å². The molecule has 3 N–H and O–H groups in total. The average Bonchev–Trinajstić information content (AvgIpc) is 2.13. The summed E-state index contributed by atoms with van der Waals surface area (Å²) in [6.45, 7) is 1.10. The van der Waals surface area contributed by atoms with E-state index in [1.165, 1.54) is 0 Å². The SMILES string of the molecule is CN1CCC(O)(C(N)=O)C1. The molecule has 0 aromatic carbocycles. The molecule has 10 heavy (non-hydrogen) atoms. The first-order valence-corrected chi connectivity index (χ1v) is 3.25. The van der Waals surface area contributed by atoms with Crippen LogP contribution in [0.25, 0.3) is 0 Å². The van der Waals surface area contributed by atoms with Crippen molar-refractivity contribution in [3.63, 3.8) is 0 Å². The van der Waals surface area contributed by atoms with E-state index in [0.717, 1.165) is 6.54 Å². The number of carbonyl (C=O) groups excluding carboxylic acids is 1. The van der Waals surface area contributed by atoms with Crippen molar-refractivity contribution in [2.45, 2.75) is 12.0 Å². The van der Waals surface area contributed by atoms with E-state index in [0.29, 0.717) is 13.0 Å². The lowest BCUT2D eigenvalue weighted by Gasteiger charge is -2.16. The van der Waals surface area contributed by atoms with Gasteiger partial charge in [-0.3, -0.25) is 4.79 Å². The lowest BCUT2D eigenvalue weighted by atomic mass is 10.0. The summed E-state index contributed by atoms with van der Waals surface area (Å²) in [4.78, 5) is 12.5. The Balaban J connectivity index is 2.63. The summed E-state index contributed by atoms with van der Waals surface area (Å²) < 4.78 is 0. The van der Waals surface area contributed by atoms with Crippen LogP contribution < -0.4 is 5.73 Å². The van der Waals surface area contributed by atoms with Gasteiger partial charge in [0.2, 0.25) is 0 Å². The van der Waals surface area contributed by atoms with Crippen LogP contribution in [0.3, 0.4) is 0 Å². The molecular weight excluding hydrogens is 132 g/mol. The highest BCUT2D eigenvalue weighted by atomic mass is 16.3. The third-order valence-corrected chi connectivity index (χ3v) is 1.90. The molecule has 1 aliphatic heterocycles. The molecule has 0 aromatic rings. The zero-order valence-corrected chi connectivity index (χ0v) is 6.00. The van der Waals surface area contributed by atoms with Gasteiger partial charge in [-0.25, -0.2) is 0 Å². The maximum atomic E-state index is 10.6. The number of primary amides is 1. The van der Waals surface area contributed by atoms with Crippen LogP contribution in [0.5, 0.6) is 0 Å². The van der Waals surface area contributed by atoms with E-state index >= 15 is 0 Å². The smallest absolute Gasteiger partial charge is 0.250 e. The molecule has 1 fully saturated rings. The first-order valence-electron chi connectivity index (χ1n) is 3.25. The van der Waals surface area contributed by atoms with Gasteiger partial charge >= 0.3 is 0 Å². The summed E-state index contributed by atoms with van der Waals surface area (Å²) in [6.07, 6.45) is 0.457. The summed E-state index contributed by atoms with van der Waals surface area (Å²) in [7, 11) is 1.85. The predicted molar refractivity (Wildman–Crippen MR) is 36.3 cm³/mol. The predicted octanol–water partition coefficient (Wildman–Crippen LogP) is -1.46. The monoisotopic (exact) mass is 144 g/mol. The minimum atomic E-state index is -1.27. The summed E-state index contributed by atoms with van der Waals surface area (Å²) in [6, 6.07) is 0. The zero-order chi connectivity index (χ0) is 7.78. The third-order valence-electron chi connectivity index (χ3n) is 1.90. The fourth-order valence-corrected chi connectivity index (χ4v) is 1.18. The van der Waals surface area contributed by atoms with Crippen LogP contribution in [0.4, 0.5) is 0 Å². The Labute approximate surface area is 59.6 Å². The first kappa shape index (κ1) is 7.50. The van der Waals surface area contributed by atoms with Gasteiger partial charge < -0.3 is 15.7 Å². The van der Waals surface area contributed by atoms with Crippen LogP contribution in [-0.4, -0.2) is 41.7 Å². The van der Waals surface area contributed by atoms with E-state index in [-0.39, 0.29) is 0 Å². The highest BCUT2D eigenvalue weighted by Crippen LogP contribution is 2.18. The Morgan fingerprint density at radius 3 is 2.60 bits per heavy atom. The molecule has 58 valence electrons. The number of aliphatic hydroxyl groups is 1. The molecule has 4 nitrogen and oxygen atoms in total. The van der Waals surface area contributed by atoms with Crippen molar-refractivity contribution in [3.05, 3.63) is 0 Å². The molecule has 0 bridgehead atoms. The number of nitrogens with zero attached hydrogens (tertiary/aromatic N) is 1. The molecule has 0 spiro atoms. The van der Waals surface area contributed by atoms with E-state index < -0.39 is 11.5 Å². The zero-order valence-electron chi connectivity index (χ0n) is 6.00. The van der Waals surface area contributed by atoms with Crippen LogP contribution >= 0.6 is 0 Å². The Hall–Kier alpha value is -0.610. The van der Waals surface area contributed by atoms with Crippen LogP contribution in [0.2, 0.25) is 0 Å². The van der Waals surface area contributed by atoms with Gasteiger partial charge in [-0.05, 0) is 13.5 Å². The average molecular weight is 144 g/mol. The lowest BCUT2D eigenvalue weighted by Crippen LogP contribution is -2.45. The van der Waals surface area contributed by atoms with E-state index in [1.807, 2.05) is 11.9 Å². The number of hydrogen-bond acceptors (Lipinski definition) is 3. The van der Waals surface area contributed by atoms with Gasteiger partial charge in [0.1, 0.15) is 0 Å². The molecule has 1 saturated heterocycles. The molecule has 4 heteroatoms. The minimum absolute atomic E-state index is 0.363. The van der Waals surface area contributed by atoms with Crippen molar-refractivity contribution in [1.82, 2.24) is 4.90 Å². The van der Waals surface area contributed by atoms with Crippen LogP contribution in [0.1, 0.15) is 6.42 Å². The molecule has 1 heterocycles. The van der Waals surface area contributed by atoms with Gasteiger partial charge in [-0.15, -0.1) is 0 Å². The maximum absolute atomic E-state index is 10.6. The fraction of sp³-hybridized carbons (Fsp3) is 0.833. The molecular formula is C6H12N2O2. The topological polar surface area (TPSA) is 66.6 Å². The summed E-state index contributed by atoms with van der Waals surface area (Å²) in [5.41, 5.74) is 3.71. The molecule has 1 rings (SSSR count). The minimum Gasteiger partial charge on any atom is -0.379 e. The lowest BCUT2D eigenvalue weighted by molar-refractivity contribution is -0.134. The van der Waals surface area contributed by atoms with Crippen LogP contribution in [0, 0.1) is 0 Å². The van der Waals surface area contributed by atoms with Crippen molar-refractivity contribution in [3.8, 4) is 0 Å². The number of nitrogens with two attached hydrogens (primary N) is 1. The van der Waals surface area contributed by atoms with Crippen LogP contribution in [-0.2, 0) is 4.79 Å². The molecule has 1 unspecified atom stereocenters. The number of carbonyl (C=O) groups is 1. The molecule has 1 atom stereocenters. The van der Waals surface area contributed by atoms with Crippen molar-refractivity contribution < 1.29 is 9.90 Å². The normalized spacial score (nSPS) is 34.6. The van der Waals surface area contributed by atoms with Crippen LogP contribution in [0.15, 0.2) is 0 Å². The van der Waals surface area contributed by atoms with Gasteiger partial charge in [0, 0.05) is 13.1 Å². The van der Waals surface area contributed by atoms with E-state index in [4.69, 9.17) is 5.73 Å². The number of β-amino-alcohol motifs (C(OH)–C–C–N with tert-alkyl or cyclic N) is 1. The standard InChI is InChI=1S/C6H12N2O2/c1-8-3-2-6(10,4-8)5(7)9/h10H,2-4H2,1H3,(H2,7,9). The largest absolute Gasteiger partial charge is 0.379 e. The number of amides is 1. The van der Waals surface area contributed by atoms with Crippen molar-refractivity contribution in [2.24, 2.45) is 5.73 Å². The Morgan fingerprint density at radius 1 is 1.80 bits per heavy atom. The third kappa shape index (κ3) is 1.12. The van der Waals surface area contributed by atoms with E-state index in [9.17, 15) is 9.90 Å². The van der Waals surface area contributed by atoms with Gasteiger partial charge in [0.15, 0.2) is 5.60 Å². The highest BCUT2D eigenvalue weighted by Gasteiger charge is 2.39. The van der Waals surface area contributed by atoms with Gasteiger partial charge in [0.25, 0.3) is 5.91 Å². The number of rotatable bonds is 1. The molecule has 0 aromatic heterocycles. The second-order valence-corrected chi connectivity index (χ2v) is 2.88. The quantitative estimate of drug-likeness (QED) is 0.472. The molecule has 0 aliphatic carbocycles.